The van der Waals surface area contributed by atoms with Crippen molar-refractivity contribution < 1.29 is 4.79 Å². The van der Waals surface area contributed by atoms with Gasteiger partial charge in [-0.15, -0.1) is 0 Å². The first kappa shape index (κ1) is 13.3. The molecule has 2 N–H and O–H groups in total. The molecule has 1 saturated carbocycles. The Hall–Kier alpha value is -1.16. The van der Waals surface area contributed by atoms with E-state index in [-0.39, 0.29) is 5.92 Å². The maximum absolute atomic E-state index is 12.1. The van der Waals surface area contributed by atoms with Crippen LogP contribution in [0, 0.1) is 11.8 Å². The standard InChI is InChI=1S/C14H23N3O/c1-17-13(8-9-16-17)6-7-14(18)12-4-2-11(10-15)3-5-12/h8-9,11-12H,2-7,10,15H2,1H3. The first-order valence-corrected chi connectivity index (χ1v) is 6.90. The average molecular weight is 249 g/mol. The predicted molar refractivity (Wildman–Crippen MR) is 71.0 cm³/mol. The number of carbonyl (C=O) groups is 1. The van der Waals surface area contributed by atoms with Gasteiger partial charge >= 0.3 is 0 Å². The molecule has 1 aliphatic rings. The molecule has 0 aromatic carbocycles. The first-order valence-electron chi connectivity index (χ1n) is 6.90. The van der Waals surface area contributed by atoms with Gasteiger partial charge in [-0.2, -0.15) is 5.10 Å². The first-order chi connectivity index (χ1) is 8.70. The minimum atomic E-state index is 0.279. The zero-order valence-electron chi connectivity index (χ0n) is 11.1. The van der Waals surface area contributed by atoms with Crippen LogP contribution in [0.5, 0.6) is 0 Å². The van der Waals surface area contributed by atoms with Gasteiger partial charge in [-0.1, -0.05) is 0 Å². The van der Waals surface area contributed by atoms with Crippen molar-refractivity contribution in [2.45, 2.75) is 38.5 Å². The molecule has 0 spiro atoms. The van der Waals surface area contributed by atoms with Crippen LogP contribution in [-0.4, -0.2) is 22.1 Å². The van der Waals surface area contributed by atoms with E-state index in [0.29, 0.717) is 18.1 Å². The highest BCUT2D eigenvalue weighted by molar-refractivity contribution is 5.81. The molecule has 1 heterocycles. The maximum Gasteiger partial charge on any atom is 0.136 e. The molecule has 0 bridgehead atoms. The van der Waals surface area contributed by atoms with E-state index >= 15 is 0 Å². The summed E-state index contributed by atoms with van der Waals surface area (Å²) < 4.78 is 1.85. The number of hydrogen-bond donors (Lipinski definition) is 1. The van der Waals surface area contributed by atoms with Crippen LogP contribution in [-0.2, 0) is 18.3 Å². The van der Waals surface area contributed by atoms with Crippen LogP contribution < -0.4 is 5.73 Å². The third-order valence-electron chi connectivity index (χ3n) is 4.19. The fraction of sp³-hybridized carbons (Fsp3) is 0.714. The van der Waals surface area contributed by atoms with Gasteiger partial charge in [-0.05, 0) is 50.6 Å². The third-order valence-corrected chi connectivity index (χ3v) is 4.19. The molecule has 0 aliphatic heterocycles. The van der Waals surface area contributed by atoms with E-state index in [0.717, 1.165) is 44.3 Å². The van der Waals surface area contributed by atoms with Gasteiger partial charge in [0.15, 0.2) is 0 Å². The maximum atomic E-state index is 12.1. The Kier molecular flexibility index (Phi) is 4.53. The molecule has 1 aromatic heterocycles. The van der Waals surface area contributed by atoms with Gasteiger partial charge in [0, 0.05) is 31.3 Å². The van der Waals surface area contributed by atoms with Crippen molar-refractivity contribution in [3.8, 4) is 0 Å². The summed E-state index contributed by atoms with van der Waals surface area (Å²) in [5.41, 5.74) is 6.81. The molecule has 0 radical (unpaired) electrons. The lowest BCUT2D eigenvalue weighted by atomic mass is 9.79. The van der Waals surface area contributed by atoms with Gasteiger partial charge in [0.1, 0.15) is 5.78 Å². The van der Waals surface area contributed by atoms with Gasteiger partial charge in [-0.3, -0.25) is 9.48 Å². The lowest BCUT2D eigenvalue weighted by Crippen LogP contribution is -2.26. The van der Waals surface area contributed by atoms with Crippen molar-refractivity contribution in [1.29, 1.82) is 0 Å². The summed E-state index contributed by atoms with van der Waals surface area (Å²) in [6.07, 6.45) is 7.56. The van der Waals surface area contributed by atoms with E-state index < -0.39 is 0 Å². The van der Waals surface area contributed by atoms with Crippen LogP contribution in [0.2, 0.25) is 0 Å². The Morgan fingerprint density at radius 2 is 2.17 bits per heavy atom. The van der Waals surface area contributed by atoms with Gasteiger partial charge in [0.05, 0.1) is 0 Å². The number of ketones is 1. The molecule has 4 nitrogen and oxygen atoms in total. The highest BCUT2D eigenvalue weighted by Gasteiger charge is 2.25. The SMILES string of the molecule is Cn1nccc1CCC(=O)C1CCC(CN)CC1. The normalized spacial score (nSPS) is 24.1. The molecule has 0 unspecified atom stereocenters. The molecular weight excluding hydrogens is 226 g/mol. The zero-order valence-corrected chi connectivity index (χ0v) is 11.1. The second-order valence-electron chi connectivity index (χ2n) is 5.37. The summed E-state index contributed by atoms with van der Waals surface area (Å²) in [5, 5.41) is 4.12. The minimum Gasteiger partial charge on any atom is -0.330 e. The van der Waals surface area contributed by atoms with Crippen molar-refractivity contribution >= 4 is 5.78 Å². The molecule has 1 fully saturated rings. The molecule has 0 atom stereocenters. The lowest BCUT2D eigenvalue weighted by molar-refractivity contribution is -0.124. The van der Waals surface area contributed by atoms with Gasteiger partial charge < -0.3 is 5.73 Å². The molecule has 1 aromatic rings. The monoisotopic (exact) mass is 249 g/mol. The average Bonchev–Trinajstić information content (AvgIpc) is 2.81. The van der Waals surface area contributed by atoms with Crippen molar-refractivity contribution in [3.05, 3.63) is 18.0 Å². The number of rotatable bonds is 5. The molecule has 18 heavy (non-hydrogen) atoms. The zero-order chi connectivity index (χ0) is 13.0. The van der Waals surface area contributed by atoms with Crippen LogP contribution in [0.25, 0.3) is 0 Å². The quantitative estimate of drug-likeness (QED) is 0.863. The van der Waals surface area contributed by atoms with Crippen molar-refractivity contribution in [2.24, 2.45) is 24.6 Å². The summed E-state index contributed by atoms with van der Waals surface area (Å²) in [7, 11) is 1.92. The summed E-state index contributed by atoms with van der Waals surface area (Å²) in [5.74, 6) is 1.35. The Morgan fingerprint density at radius 1 is 1.44 bits per heavy atom. The predicted octanol–water partition coefficient (Wildman–Crippen LogP) is 1.69. The van der Waals surface area contributed by atoms with E-state index in [9.17, 15) is 4.79 Å². The van der Waals surface area contributed by atoms with Crippen LogP contribution in [0.15, 0.2) is 12.3 Å². The van der Waals surface area contributed by atoms with Crippen LogP contribution >= 0.6 is 0 Å². The molecule has 0 saturated heterocycles. The number of aromatic nitrogens is 2. The van der Waals surface area contributed by atoms with E-state index in [4.69, 9.17) is 5.73 Å². The Labute approximate surface area is 109 Å². The molecular formula is C14H23N3O. The lowest BCUT2D eigenvalue weighted by Gasteiger charge is -2.26. The largest absolute Gasteiger partial charge is 0.330 e. The topological polar surface area (TPSA) is 60.9 Å². The number of aryl methyl sites for hydroxylation is 2. The molecule has 100 valence electrons. The Bertz CT molecular complexity index is 391. The second-order valence-corrected chi connectivity index (χ2v) is 5.37. The molecule has 1 aliphatic carbocycles. The van der Waals surface area contributed by atoms with E-state index in [1.807, 2.05) is 17.8 Å². The Morgan fingerprint density at radius 3 is 2.72 bits per heavy atom. The highest BCUT2D eigenvalue weighted by atomic mass is 16.1. The third kappa shape index (κ3) is 3.19. The van der Waals surface area contributed by atoms with E-state index in [2.05, 4.69) is 5.10 Å². The molecule has 4 heteroatoms. The molecule has 2 rings (SSSR count). The number of nitrogens with two attached hydrogens (primary N) is 1. The van der Waals surface area contributed by atoms with Gasteiger partial charge in [0.2, 0.25) is 0 Å². The van der Waals surface area contributed by atoms with E-state index in [1.54, 1.807) is 6.20 Å². The summed E-state index contributed by atoms with van der Waals surface area (Å²) >= 11 is 0. The van der Waals surface area contributed by atoms with Crippen LogP contribution in [0.1, 0.15) is 37.8 Å². The minimum absolute atomic E-state index is 0.279. The number of Topliss-reactive ketones (excluding diaryl/α,β-unsaturated/α-hetero) is 1. The summed E-state index contributed by atoms with van der Waals surface area (Å²) in [6, 6.07) is 1.98. The fourth-order valence-corrected chi connectivity index (χ4v) is 2.82. The van der Waals surface area contributed by atoms with Gasteiger partial charge in [0.25, 0.3) is 0 Å². The summed E-state index contributed by atoms with van der Waals surface area (Å²) in [6.45, 7) is 0.774. The fourth-order valence-electron chi connectivity index (χ4n) is 2.82. The smallest absolute Gasteiger partial charge is 0.136 e. The number of nitrogens with zero attached hydrogens (tertiary/aromatic N) is 2. The van der Waals surface area contributed by atoms with Gasteiger partial charge in [-0.25, -0.2) is 0 Å². The second kappa shape index (κ2) is 6.14. The Balaban J connectivity index is 1.77. The van der Waals surface area contributed by atoms with Crippen LogP contribution in [0.4, 0.5) is 0 Å². The van der Waals surface area contributed by atoms with Crippen LogP contribution in [0.3, 0.4) is 0 Å². The van der Waals surface area contributed by atoms with Crippen molar-refractivity contribution in [3.63, 3.8) is 0 Å². The van der Waals surface area contributed by atoms with Crippen molar-refractivity contribution in [1.82, 2.24) is 9.78 Å². The van der Waals surface area contributed by atoms with Crippen molar-refractivity contribution in [2.75, 3.05) is 6.54 Å². The molecule has 0 amide bonds. The highest BCUT2D eigenvalue weighted by Crippen LogP contribution is 2.29. The van der Waals surface area contributed by atoms with E-state index in [1.165, 1.54) is 0 Å². The summed E-state index contributed by atoms with van der Waals surface area (Å²) in [4.78, 5) is 12.1. The number of hydrogen-bond acceptors (Lipinski definition) is 3. The number of carbonyl (C=O) groups excluding carboxylic acids is 1.